The van der Waals surface area contributed by atoms with Crippen LogP contribution in [0.2, 0.25) is 0 Å². The molecule has 0 saturated heterocycles. The maximum absolute atomic E-state index is 10.2. The van der Waals surface area contributed by atoms with E-state index in [1.807, 2.05) is 0 Å². The summed E-state index contributed by atoms with van der Waals surface area (Å²) in [4.78, 5) is 14.0. The molecule has 0 spiro atoms. The first-order chi connectivity index (χ1) is 6.19. The van der Waals surface area contributed by atoms with Crippen molar-refractivity contribution in [3.8, 4) is 0 Å². The molecule has 1 aromatic heterocycles. The quantitative estimate of drug-likeness (QED) is 0.572. The summed E-state index contributed by atoms with van der Waals surface area (Å²) in [5.41, 5.74) is 0.453. The number of nitrogens with zero attached hydrogens (tertiary/aromatic N) is 4. The predicted molar refractivity (Wildman–Crippen MR) is 47.7 cm³/mol. The molecule has 1 aliphatic rings. The van der Waals surface area contributed by atoms with Crippen LogP contribution < -0.4 is 0 Å². The van der Waals surface area contributed by atoms with E-state index in [2.05, 4.69) is 31.2 Å². The Bertz CT molecular complexity index is 370. The van der Waals surface area contributed by atoms with Crippen LogP contribution in [0.15, 0.2) is 9.60 Å². The number of rotatable bonds is 2. The molecule has 0 amide bonds. The van der Waals surface area contributed by atoms with Crippen LogP contribution in [0.1, 0.15) is 18.5 Å². The summed E-state index contributed by atoms with van der Waals surface area (Å²) in [6, 6.07) is 0. The third-order valence-electron chi connectivity index (χ3n) is 2.21. The number of carbonyl (C=O) groups excluding carboxylic acids is 1. The Morgan fingerprint density at radius 3 is 2.77 bits per heavy atom. The van der Waals surface area contributed by atoms with Crippen LogP contribution >= 0.6 is 15.9 Å². The van der Waals surface area contributed by atoms with Crippen molar-refractivity contribution >= 4 is 22.0 Å². The summed E-state index contributed by atoms with van der Waals surface area (Å²) in [6.07, 6.45) is 3.32. The highest BCUT2D eigenvalue weighted by Crippen LogP contribution is 2.50. The lowest BCUT2D eigenvalue weighted by Gasteiger charge is -2.06. The minimum atomic E-state index is -0.404. The van der Waals surface area contributed by atoms with Gasteiger partial charge in [-0.3, -0.25) is 0 Å². The Morgan fingerprint density at radius 2 is 2.38 bits per heavy atom. The zero-order chi connectivity index (χ0) is 9.47. The molecule has 0 aromatic carbocycles. The van der Waals surface area contributed by atoms with Gasteiger partial charge in [0.2, 0.25) is 6.08 Å². The molecular formula is C7H7BrN4O. The molecule has 13 heavy (non-hydrogen) atoms. The second-order valence-electron chi connectivity index (χ2n) is 3.09. The molecule has 1 aliphatic carbocycles. The normalized spacial score (nSPS) is 18.0. The Morgan fingerprint density at radius 1 is 1.69 bits per heavy atom. The van der Waals surface area contributed by atoms with Crippen molar-refractivity contribution in [1.29, 1.82) is 0 Å². The fraction of sp³-hybridized carbons (Fsp3) is 0.571. The molecule has 1 heterocycles. The van der Waals surface area contributed by atoms with Gasteiger partial charge >= 0.3 is 0 Å². The first kappa shape index (κ1) is 8.59. The molecule has 1 saturated carbocycles. The Labute approximate surface area is 83.0 Å². The Balaban J connectivity index is 2.51. The molecule has 1 fully saturated rings. The van der Waals surface area contributed by atoms with Gasteiger partial charge in [-0.2, -0.15) is 4.99 Å². The van der Waals surface area contributed by atoms with E-state index in [0.717, 1.165) is 18.5 Å². The van der Waals surface area contributed by atoms with E-state index in [-0.39, 0.29) is 0 Å². The van der Waals surface area contributed by atoms with E-state index in [1.165, 1.54) is 0 Å². The second kappa shape index (κ2) is 2.75. The van der Waals surface area contributed by atoms with Crippen LogP contribution in [0, 0.1) is 0 Å². The van der Waals surface area contributed by atoms with Gasteiger partial charge in [0.25, 0.3) is 0 Å². The van der Waals surface area contributed by atoms with Crippen LogP contribution in [0.4, 0.5) is 0 Å². The molecule has 6 heteroatoms. The number of halogens is 1. The second-order valence-corrected chi connectivity index (χ2v) is 3.84. The maximum atomic E-state index is 10.2. The lowest BCUT2D eigenvalue weighted by Crippen LogP contribution is -2.10. The lowest BCUT2D eigenvalue weighted by atomic mass is 10.2. The van der Waals surface area contributed by atoms with E-state index in [9.17, 15) is 4.79 Å². The van der Waals surface area contributed by atoms with Gasteiger partial charge in [0.15, 0.2) is 4.60 Å². The van der Waals surface area contributed by atoms with Crippen molar-refractivity contribution in [1.82, 2.24) is 15.0 Å². The highest BCUT2D eigenvalue weighted by Gasteiger charge is 2.49. The van der Waals surface area contributed by atoms with Crippen LogP contribution in [0.3, 0.4) is 0 Å². The molecule has 0 aliphatic heterocycles. The fourth-order valence-electron chi connectivity index (χ4n) is 1.43. The van der Waals surface area contributed by atoms with Gasteiger partial charge in [0.05, 0.1) is 0 Å². The fourth-order valence-corrected chi connectivity index (χ4v) is 2.13. The molecule has 0 bridgehead atoms. The summed E-state index contributed by atoms with van der Waals surface area (Å²) in [6.45, 7) is 0. The van der Waals surface area contributed by atoms with E-state index >= 15 is 0 Å². The zero-order valence-corrected chi connectivity index (χ0v) is 8.58. The standard InChI is InChI=1S/C7H7BrN4O/c1-12-5(6(8)10-11-12)7(2-3-7)9-4-13/h2-3H2,1H3. The van der Waals surface area contributed by atoms with Crippen LogP contribution in [0.5, 0.6) is 0 Å². The topological polar surface area (TPSA) is 60.1 Å². The summed E-state index contributed by atoms with van der Waals surface area (Å²) in [7, 11) is 1.79. The third-order valence-corrected chi connectivity index (χ3v) is 2.74. The van der Waals surface area contributed by atoms with Crippen molar-refractivity contribution in [3.63, 3.8) is 0 Å². The summed E-state index contributed by atoms with van der Waals surface area (Å²) < 4.78 is 2.30. The van der Waals surface area contributed by atoms with Crippen LogP contribution in [-0.2, 0) is 17.4 Å². The number of isocyanates is 1. The average molecular weight is 243 g/mol. The van der Waals surface area contributed by atoms with Crippen LogP contribution in [0.25, 0.3) is 0 Å². The van der Waals surface area contributed by atoms with E-state index < -0.39 is 5.54 Å². The lowest BCUT2D eigenvalue weighted by molar-refractivity contribution is 0.548. The zero-order valence-electron chi connectivity index (χ0n) is 6.99. The van der Waals surface area contributed by atoms with Gasteiger partial charge < -0.3 is 0 Å². The first-order valence-corrected chi connectivity index (χ1v) is 4.63. The molecule has 0 atom stereocenters. The molecule has 0 unspecified atom stereocenters. The van der Waals surface area contributed by atoms with E-state index in [4.69, 9.17) is 0 Å². The number of aromatic nitrogens is 3. The minimum Gasteiger partial charge on any atom is -0.249 e. The predicted octanol–water partition coefficient (Wildman–Crippen LogP) is 0.902. The first-order valence-electron chi connectivity index (χ1n) is 3.84. The monoisotopic (exact) mass is 242 g/mol. The summed E-state index contributed by atoms with van der Waals surface area (Å²) in [5, 5.41) is 7.68. The van der Waals surface area contributed by atoms with E-state index in [1.54, 1.807) is 17.8 Å². The van der Waals surface area contributed by atoms with Crippen molar-refractivity contribution in [2.24, 2.45) is 12.0 Å². The Hall–Kier alpha value is -1.00. The molecule has 5 nitrogen and oxygen atoms in total. The van der Waals surface area contributed by atoms with Gasteiger partial charge in [-0.1, -0.05) is 5.21 Å². The molecule has 0 radical (unpaired) electrons. The third kappa shape index (κ3) is 1.22. The maximum Gasteiger partial charge on any atom is 0.235 e. The molecular weight excluding hydrogens is 236 g/mol. The van der Waals surface area contributed by atoms with Crippen molar-refractivity contribution < 1.29 is 4.79 Å². The number of aryl methyl sites for hydroxylation is 1. The number of hydrogen-bond donors (Lipinski definition) is 0. The molecule has 1 aromatic rings. The van der Waals surface area contributed by atoms with Gasteiger partial charge in [-0.05, 0) is 28.8 Å². The van der Waals surface area contributed by atoms with Crippen molar-refractivity contribution in [2.75, 3.05) is 0 Å². The minimum absolute atomic E-state index is 0.404. The van der Waals surface area contributed by atoms with Crippen LogP contribution in [-0.4, -0.2) is 21.1 Å². The van der Waals surface area contributed by atoms with Gasteiger partial charge in [0.1, 0.15) is 11.2 Å². The molecule has 68 valence electrons. The van der Waals surface area contributed by atoms with Crippen molar-refractivity contribution in [3.05, 3.63) is 10.3 Å². The SMILES string of the molecule is Cn1nnc(Br)c1C1(N=C=O)CC1. The van der Waals surface area contributed by atoms with Crippen molar-refractivity contribution in [2.45, 2.75) is 18.4 Å². The van der Waals surface area contributed by atoms with E-state index in [0.29, 0.717) is 4.60 Å². The summed E-state index contributed by atoms with van der Waals surface area (Å²) in [5.74, 6) is 0. The molecule has 0 N–H and O–H groups in total. The highest BCUT2D eigenvalue weighted by molar-refractivity contribution is 9.10. The average Bonchev–Trinajstić information content (AvgIpc) is 2.76. The highest BCUT2D eigenvalue weighted by atomic mass is 79.9. The van der Waals surface area contributed by atoms with Gasteiger partial charge in [0, 0.05) is 7.05 Å². The van der Waals surface area contributed by atoms with Gasteiger partial charge in [-0.25, -0.2) is 9.48 Å². The van der Waals surface area contributed by atoms with Gasteiger partial charge in [-0.15, -0.1) is 5.10 Å². The molecule has 2 rings (SSSR count). The number of aliphatic imine (C=N–C) groups is 1. The number of hydrogen-bond acceptors (Lipinski definition) is 4. The Kier molecular flexibility index (Phi) is 1.82. The largest absolute Gasteiger partial charge is 0.249 e. The smallest absolute Gasteiger partial charge is 0.235 e. The summed E-state index contributed by atoms with van der Waals surface area (Å²) >= 11 is 3.28.